The third-order valence-corrected chi connectivity index (χ3v) is 5.50. The summed E-state index contributed by atoms with van der Waals surface area (Å²) < 4.78 is 0. The van der Waals surface area contributed by atoms with Crippen LogP contribution in [0.15, 0.2) is 58.8 Å². The molecule has 0 atom stereocenters. The monoisotopic (exact) mass is 397 g/mol. The van der Waals surface area contributed by atoms with E-state index in [2.05, 4.69) is 21.0 Å². The number of nitrogens with one attached hydrogen (secondary N) is 2. The van der Waals surface area contributed by atoms with Crippen LogP contribution in [-0.4, -0.2) is 16.8 Å². The molecular weight excluding hydrogens is 378 g/mol. The number of anilines is 2. The zero-order valence-corrected chi connectivity index (χ0v) is 16.6. The maximum atomic E-state index is 12.4. The van der Waals surface area contributed by atoms with E-state index in [0.29, 0.717) is 16.9 Å². The fourth-order valence-corrected chi connectivity index (χ4v) is 3.89. The summed E-state index contributed by atoms with van der Waals surface area (Å²) in [6.45, 7) is 3.45. The Morgan fingerprint density at radius 2 is 1.63 bits per heavy atom. The molecule has 1 heterocycles. The molecule has 2 aromatic carbocycles. The highest BCUT2D eigenvalue weighted by Gasteiger charge is 2.07. The quantitative estimate of drug-likeness (QED) is 0.577. The first-order chi connectivity index (χ1) is 13.0. The van der Waals surface area contributed by atoms with Crippen LogP contribution >= 0.6 is 23.1 Å². The van der Waals surface area contributed by atoms with Crippen molar-refractivity contribution in [2.45, 2.75) is 24.5 Å². The summed E-state index contributed by atoms with van der Waals surface area (Å²) in [6.07, 6.45) is 0. The number of nitrogens with zero attached hydrogens (tertiary/aromatic N) is 1. The smallest absolute Gasteiger partial charge is 0.255 e. The van der Waals surface area contributed by atoms with Gasteiger partial charge in [-0.2, -0.15) is 0 Å². The predicted molar refractivity (Wildman–Crippen MR) is 112 cm³/mol. The fourth-order valence-electron chi connectivity index (χ4n) is 2.38. The van der Waals surface area contributed by atoms with Crippen LogP contribution in [0.2, 0.25) is 0 Å². The Labute approximate surface area is 166 Å². The van der Waals surface area contributed by atoms with Crippen molar-refractivity contribution in [3.63, 3.8) is 0 Å². The predicted octanol–water partition coefficient (Wildman–Crippen LogP) is 4.95. The van der Waals surface area contributed by atoms with E-state index in [1.807, 2.05) is 31.2 Å². The molecule has 0 aliphatic carbocycles. The fraction of sp³-hybridized carbons (Fsp3) is 0.150. The second-order valence-corrected chi connectivity index (χ2v) is 7.99. The first-order valence-electron chi connectivity index (χ1n) is 8.32. The molecule has 7 heteroatoms. The lowest BCUT2D eigenvalue weighted by Gasteiger charge is -2.08. The summed E-state index contributed by atoms with van der Waals surface area (Å²) in [6, 6.07) is 14.5. The molecule has 3 rings (SSSR count). The van der Waals surface area contributed by atoms with Gasteiger partial charge in [-0.25, -0.2) is 4.98 Å². The van der Waals surface area contributed by atoms with Crippen molar-refractivity contribution in [2.24, 2.45) is 0 Å². The van der Waals surface area contributed by atoms with Crippen LogP contribution in [0.5, 0.6) is 0 Å². The SMILES string of the molecule is CC(=O)Nc1ccc(NC(=O)c2ccc(SCc3csc(C)n3)cc2)cc1. The molecule has 0 fully saturated rings. The zero-order chi connectivity index (χ0) is 19.2. The first kappa shape index (κ1) is 19.1. The van der Waals surface area contributed by atoms with E-state index in [1.165, 1.54) is 6.92 Å². The molecule has 0 saturated carbocycles. The molecule has 2 amide bonds. The minimum absolute atomic E-state index is 0.130. The summed E-state index contributed by atoms with van der Waals surface area (Å²) in [5, 5.41) is 8.69. The molecule has 0 radical (unpaired) electrons. The van der Waals surface area contributed by atoms with E-state index in [4.69, 9.17) is 0 Å². The van der Waals surface area contributed by atoms with Crippen molar-refractivity contribution < 1.29 is 9.59 Å². The average molecular weight is 398 g/mol. The summed E-state index contributed by atoms with van der Waals surface area (Å²) in [4.78, 5) is 28.9. The van der Waals surface area contributed by atoms with E-state index in [-0.39, 0.29) is 11.8 Å². The third kappa shape index (κ3) is 5.67. The van der Waals surface area contributed by atoms with Gasteiger partial charge in [-0.3, -0.25) is 9.59 Å². The molecule has 3 aromatic rings. The van der Waals surface area contributed by atoms with Gasteiger partial charge in [0.15, 0.2) is 0 Å². The lowest BCUT2D eigenvalue weighted by Crippen LogP contribution is -2.12. The van der Waals surface area contributed by atoms with Gasteiger partial charge in [0, 0.05) is 39.9 Å². The van der Waals surface area contributed by atoms with Crippen molar-refractivity contribution >= 4 is 46.3 Å². The van der Waals surface area contributed by atoms with Crippen LogP contribution in [0.1, 0.15) is 28.0 Å². The number of rotatable bonds is 6. The maximum absolute atomic E-state index is 12.4. The Morgan fingerprint density at radius 3 is 2.19 bits per heavy atom. The number of hydrogen-bond acceptors (Lipinski definition) is 5. The van der Waals surface area contributed by atoms with Crippen LogP contribution in [0.3, 0.4) is 0 Å². The highest BCUT2D eigenvalue weighted by Crippen LogP contribution is 2.24. The number of carbonyl (C=O) groups excluding carboxylic acids is 2. The zero-order valence-electron chi connectivity index (χ0n) is 15.0. The minimum Gasteiger partial charge on any atom is -0.326 e. The van der Waals surface area contributed by atoms with Crippen molar-refractivity contribution in [1.29, 1.82) is 0 Å². The van der Waals surface area contributed by atoms with Crippen molar-refractivity contribution in [3.8, 4) is 0 Å². The summed E-state index contributed by atoms with van der Waals surface area (Å²) >= 11 is 3.35. The Morgan fingerprint density at radius 1 is 1.00 bits per heavy atom. The van der Waals surface area contributed by atoms with Crippen LogP contribution in [0.4, 0.5) is 11.4 Å². The lowest BCUT2D eigenvalue weighted by atomic mass is 10.2. The number of aromatic nitrogens is 1. The molecule has 0 unspecified atom stereocenters. The lowest BCUT2D eigenvalue weighted by molar-refractivity contribution is -0.114. The number of thioether (sulfide) groups is 1. The standard InChI is InChI=1S/C20H19N3O2S2/c1-13(24)21-16-5-7-17(8-6-16)23-20(25)15-3-9-19(10-4-15)27-12-18-11-26-14(2)22-18/h3-11H,12H2,1-2H3,(H,21,24)(H,23,25). The van der Waals surface area contributed by atoms with Gasteiger partial charge < -0.3 is 10.6 Å². The van der Waals surface area contributed by atoms with E-state index in [1.54, 1.807) is 47.4 Å². The van der Waals surface area contributed by atoms with Crippen molar-refractivity contribution in [3.05, 3.63) is 70.2 Å². The molecule has 1 aromatic heterocycles. The second kappa shape index (κ2) is 8.83. The molecule has 27 heavy (non-hydrogen) atoms. The van der Waals surface area contributed by atoms with E-state index in [9.17, 15) is 9.59 Å². The van der Waals surface area contributed by atoms with Gasteiger partial charge in [0.05, 0.1) is 10.7 Å². The highest BCUT2D eigenvalue weighted by molar-refractivity contribution is 7.98. The topological polar surface area (TPSA) is 71.1 Å². The Hall–Kier alpha value is -2.64. The number of hydrogen-bond donors (Lipinski definition) is 2. The summed E-state index contributed by atoms with van der Waals surface area (Å²) in [5.41, 5.74) is 3.03. The van der Waals surface area contributed by atoms with Crippen LogP contribution in [0, 0.1) is 6.92 Å². The molecule has 0 aliphatic heterocycles. The normalized spacial score (nSPS) is 10.4. The van der Waals surface area contributed by atoms with Gasteiger partial charge in [0.25, 0.3) is 5.91 Å². The maximum Gasteiger partial charge on any atom is 0.255 e. The molecule has 0 spiro atoms. The summed E-state index contributed by atoms with van der Waals surface area (Å²) in [7, 11) is 0. The molecule has 2 N–H and O–H groups in total. The number of aryl methyl sites for hydroxylation is 1. The van der Waals surface area contributed by atoms with Crippen LogP contribution in [0.25, 0.3) is 0 Å². The number of amides is 2. The van der Waals surface area contributed by atoms with Gasteiger partial charge >= 0.3 is 0 Å². The largest absolute Gasteiger partial charge is 0.326 e. The molecule has 0 saturated heterocycles. The summed E-state index contributed by atoms with van der Waals surface area (Å²) in [5.74, 6) is 0.514. The first-order valence-corrected chi connectivity index (χ1v) is 10.2. The minimum atomic E-state index is -0.172. The van der Waals surface area contributed by atoms with E-state index in [0.717, 1.165) is 21.3 Å². The molecule has 0 aliphatic rings. The van der Waals surface area contributed by atoms with E-state index >= 15 is 0 Å². The molecule has 138 valence electrons. The number of benzene rings is 2. The van der Waals surface area contributed by atoms with Gasteiger partial charge in [0.1, 0.15) is 0 Å². The molecule has 5 nitrogen and oxygen atoms in total. The Kier molecular flexibility index (Phi) is 6.26. The van der Waals surface area contributed by atoms with Crippen molar-refractivity contribution in [2.75, 3.05) is 10.6 Å². The Balaban J connectivity index is 1.56. The van der Waals surface area contributed by atoms with Gasteiger partial charge in [0.2, 0.25) is 5.91 Å². The van der Waals surface area contributed by atoms with Gasteiger partial charge in [-0.1, -0.05) is 0 Å². The molecule has 0 bridgehead atoms. The van der Waals surface area contributed by atoms with Gasteiger partial charge in [-0.15, -0.1) is 23.1 Å². The van der Waals surface area contributed by atoms with E-state index < -0.39 is 0 Å². The highest BCUT2D eigenvalue weighted by atomic mass is 32.2. The molecular formula is C20H19N3O2S2. The average Bonchev–Trinajstić information content (AvgIpc) is 3.07. The number of carbonyl (C=O) groups is 2. The Bertz CT molecular complexity index is 935. The van der Waals surface area contributed by atoms with Gasteiger partial charge in [-0.05, 0) is 55.5 Å². The van der Waals surface area contributed by atoms with Crippen LogP contribution in [-0.2, 0) is 10.5 Å². The number of thiazole rings is 1. The third-order valence-electron chi connectivity index (χ3n) is 3.63. The van der Waals surface area contributed by atoms with Crippen molar-refractivity contribution in [1.82, 2.24) is 4.98 Å². The second-order valence-electron chi connectivity index (χ2n) is 5.88. The van der Waals surface area contributed by atoms with Crippen LogP contribution < -0.4 is 10.6 Å².